The Morgan fingerprint density at radius 1 is 1.07 bits per heavy atom. The lowest BCUT2D eigenvalue weighted by molar-refractivity contribution is -0.151. The highest BCUT2D eigenvalue weighted by molar-refractivity contribution is 5.96. The average Bonchev–Trinajstić information content (AvgIpc) is 2.24. The molecule has 2 rings (SSSR count). The summed E-state index contributed by atoms with van der Waals surface area (Å²) in [6, 6.07) is -0.0249. The van der Waals surface area contributed by atoms with Crippen LogP contribution in [0.1, 0.15) is 38.5 Å². The van der Waals surface area contributed by atoms with Crippen LogP contribution in [0.25, 0.3) is 0 Å². The zero-order valence-corrected chi connectivity index (χ0v) is 8.11. The van der Waals surface area contributed by atoms with Crippen molar-refractivity contribution >= 4 is 11.8 Å². The second-order valence-corrected chi connectivity index (χ2v) is 4.14. The molecule has 0 unspecified atom stereocenters. The molecule has 0 radical (unpaired) electrons. The number of hydrogen-bond acceptors (Lipinski definition) is 3. The lowest BCUT2D eigenvalue weighted by Crippen LogP contribution is -2.51. The molecule has 1 N–H and O–H groups in total. The molecule has 0 aromatic heterocycles. The number of nitrogens with zero attached hydrogens (tertiary/aromatic N) is 1. The summed E-state index contributed by atoms with van der Waals surface area (Å²) in [7, 11) is 0. The van der Waals surface area contributed by atoms with Crippen molar-refractivity contribution in [3.8, 4) is 0 Å². The Morgan fingerprint density at radius 2 is 1.57 bits per heavy atom. The first-order chi connectivity index (χ1) is 6.68. The quantitative estimate of drug-likeness (QED) is 0.620. The van der Waals surface area contributed by atoms with Crippen molar-refractivity contribution in [2.75, 3.05) is 0 Å². The van der Waals surface area contributed by atoms with Crippen LogP contribution in [0.4, 0.5) is 0 Å². The smallest absolute Gasteiger partial charge is 0.229 e. The predicted octanol–water partition coefficient (Wildman–Crippen LogP) is 0.439. The van der Waals surface area contributed by atoms with Crippen molar-refractivity contribution in [1.82, 2.24) is 4.90 Å². The molecule has 0 bridgehead atoms. The SMILES string of the molecule is O=C1CCCCC(=O)N1C1CC(O)C1. The highest BCUT2D eigenvalue weighted by Gasteiger charge is 2.38. The third kappa shape index (κ3) is 1.66. The van der Waals surface area contributed by atoms with Gasteiger partial charge in [0.1, 0.15) is 0 Å². The third-order valence-corrected chi connectivity index (χ3v) is 3.02. The third-order valence-electron chi connectivity index (χ3n) is 3.02. The van der Waals surface area contributed by atoms with E-state index in [0.29, 0.717) is 25.7 Å². The largest absolute Gasteiger partial charge is 0.393 e. The van der Waals surface area contributed by atoms with Crippen LogP contribution in [0, 0.1) is 0 Å². The van der Waals surface area contributed by atoms with Crippen LogP contribution in [0.5, 0.6) is 0 Å². The molecule has 1 heterocycles. The van der Waals surface area contributed by atoms with Gasteiger partial charge in [-0.1, -0.05) is 0 Å². The van der Waals surface area contributed by atoms with E-state index in [1.807, 2.05) is 0 Å². The van der Waals surface area contributed by atoms with Crippen molar-refractivity contribution in [2.24, 2.45) is 0 Å². The molecule has 1 saturated carbocycles. The summed E-state index contributed by atoms with van der Waals surface area (Å²) in [5.41, 5.74) is 0. The number of hydrogen-bond donors (Lipinski definition) is 1. The Balaban J connectivity index is 2.05. The van der Waals surface area contributed by atoms with Gasteiger partial charge in [0.25, 0.3) is 0 Å². The summed E-state index contributed by atoms with van der Waals surface area (Å²) in [4.78, 5) is 24.6. The number of likely N-dealkylation sites (tertiary alicyclic amines) is 1. The Labute approximate surface area is 82.9 Å². The molecule has 0 aromatic carbocycles. The van der Waals surface area contributed by atoms with Gasteiger partial charge in [0.15, 0.2) is 0 Å². The number of rotatable bonds is 1. The highest BCUT2D eigenvalue weighted by Crippen LogP contribution is 2.28. The molecule has 2 aliphatic rings. The van der Waals surface area contributed by atoms with E-state index in [1.54, 1.807) is 0 Å². The first-order valence-corrected chi connectivity index (χ1v) is 5.21. The molecule has 2 amide bonds. The molecule has 1 aliphatic heterocycles. The zero-order valence-electron chi connectivity index (χ0n) is 8.11. The van der Waals surface area contributed by atoms with Gasteiger partial charge in [-0.05, 0) is 25.7 Å². The maximum atomic E-state index is 11.6. The van der Waals surface area contributed by atoms with Crippen LogP contribution in [-0.4, -0.2) is 34.0 Å². The molecule has 4 nitrogen and oxygen atoms in total. The monoisotopic (exact) mass is 197 g/mol. The minimum Gasteiger partial charge on any atom is -0.393 e. The maximum Gasteiger partial charge on any atom is 0.229 e. The summed E-state index contributed by atoms with van der Waals surface area (Å²) in [6.07, 6.45) is 3.42. The van der Waals surface area contributed by atoms with Gasteiger partial charge in [0.05, 0.1) is 6.10 Å². The molecule has 78 valence electrons. The number of aliphatic hydroxyl groups excluding tert-OH is 1. The summed E-state index contributed by atoms with van der Waals surface area (Å²) >= 11 is 0. The Bertz CT molecular complexity index is 240. The summed E-state index contributed by atoms with van der Waals surface area (Å²) in [6.45, 7) is 0. The lowest BCUT2D eigenvalue weighted by Gasteiger charge is -2.38. The van der Waals surface area contributed by atoms with Crippen LogP contribution in [0.15, 0.2) is 0 Å². The van der Waals surface area contributed by atoms with E-state index >= 15 is 0 Å². The van der Waals surface area contributed by atoms with E-state index in [0.717, 1.165) is 12.8 Å². The van der Waals surface area contributed by atoms with E-state index in [2.05, 4.69) is 0 Å². The van der Waals surface area contributed by atoms with Crippen molar-refractivity contribution in [3.05, 3.63) is 0 Å². The minimum atomic E-state index is -0.316. The highest BCUT2D eigenvalue weighted by atomic mass is 16.3. The molecule has 1 saturated heterocycles. The van der Waals surface area contributed by atoms with Gasteiger partial charge >= 0.3 is 0 Å². The number of carbonyl (C=O) groups is 2. The molecule has 2 fully saturated rings. The van der Waals surface area contributed by atoms with Crippen LogP contribution < -0.4 is 0 Å². The van der Waals surface area contributed by atoms with Gasteiger partial charge in [0, 0.05) is 18.9 Å². The molecule has 0 spiro atoms. The van der Waals surface area contributed by atoms with E-state index in [1.165, 1.54) is 4.90 Å². The molecule has 0 aromatic rings. The van der Waals surface area contributed by atoms with Gasteiger partial charge in [-0.2, -0.15) is 0 Å². The first-order valence-electron chi connectivity index (χ1n) is 5.21. The van der Waals surface area contributed by atoms with Gasteiger partial charge in [0.2, 0.25) is 11.8 Å². The first kappa shape index (κ1) is 9.65. The normalized spacial score (nSPS) is 33.9. The number of amides is 2. The molecule has 14 heavy (non-hydrogen) atoms. The zero-order chi connectivity index (χ0) is 10.1. The van der Waals surface area contributed by atoms with Gasteiger partial charge in [-0.15, -0.1) is 0 Å². The predicted molar refractivity (Wildman–Crippen MR) is 49.3 cm³/mol. The van der Waals surface area contributed by atoms with Crippen LogP contribution in [-0.2, 0) is 9.59 Å². The molecule has 4 heteroatoms. The van der Waals surface area contributed by atoms with Crippen LogP contribution >= 0.6 is 0 Å². The second-order valence-electron chi connectivity index (χ2n) is 4.14. The van der Waals surface area contributed by atoms with E-state index in [-0.39, 0.29) is 24.0 Å². The summed E-state index contributed by atoms with van der Waals surface area (Å²) in [5.74, 6) is -0.103. The number of carbonyl (C=O) groups excluding carboxylic acids is 2. The Kier molecular flexibility index (Phi) is 2.54. The lowest BCUT2D eigenvalue weighted by atomic mass is 9.88. The van der Waals surface area contributed by atoms with Gasteiger partial charge in [-0.25, -0.2) is 0 Å². The topological polar surface area (TPSA) is 57.6 Å². The molecule has 1 aliphatic carbocycles. The fourth-order valence-electron chi connectivity index (χ4n) is 2.11. The summed E-state index contributed by atoms with van der Waals surface area (Å²) in [5, 5.41) is 9.14. The van der Waals surface area contributed by atoms with Gasteiger partial charge < -0.3 is 5.11 Å². The fourth-order valence-corrected chi connectivity index (χ4v) is 2.11. The van der Waals surface area contributed by atoms with Crippen LogP contribution in [0.2, 0.25) is 0 Å². The minimum absolute atomic E-state index is 0.0249. The molecular weight excluding hydrogens is 182 g/mol. The Hall–Kier alpha value is -0.900. The van der Waals surface area contributed by atoms with Gasteiger partial charge in [-0.3, -0.25) is 14.5 Å². The van der Waals surface area contributed by atoms with Crippen LogP contribution in [0.3, 0.4) is 0 Å². The standard InChI is InChI=1S/C10H15NO3/c12-8-5-7(6-8)11-9(13)3-1-2-4-10(11)14/h7-8,12H,1-6H2. The number of aliphatic hydroxyl groups is 1. The average molecular weight is 197 g/mol. The van der Waals surface area contributed by atoms with Crippen molar-refractivity contribution < 1.29 is 14.7 Å². The fraction of sp³-hybridized carbons (Fsp3) is 0.800. The van der Waals surface area contributed by atoms with E-state index < -0.39 is 0 Å². The van der Waals surface area contributed by atoms with Crippen molar-refractivity contribution in [1.29, 1.82) is 0 Å². The molecule has 0 atom stereocenters. The van der Waals surface area contributed by atoms with E-state index in [4.69, 9.17) is 5.11 Å². The summed E-state index contributed by atoms with van der Waals surface area (Å²) < 4.78 is 0. The maximum absolute atomic E-state index is 11.6. The molecular formula is C10H15NO3. The van der Waals surface area contributed by atoms with Crippen molar-refractivity contribution in [3.63, 3.8) is 0 Å². The van der Waals surface area contributed by atoms with E-state index in [9.17, 15) is 9.59 Å². The second kappa shape index (κ2) is 3.69. The van der Waals surface area contributed by atoms with Crippen molar-refractivity contribution in [2.45, 2.75) is 50.7 Å². The Morgan fingerprint density at radius 3 is 2.00 bits per heavy atom. The number of imide groups is 1.